The standard InChI is InChI=1S/C13H12N2O2/c1-9(16)13-14-8-7-12(15-13)10-3-5-11(17-2)6-4-10/h3-8H,1-2H3. The number of ketones is 1. The van der Waals surface area contributed by atoms with Gasteiger partial charge in [-0.25, -0.2) is 9.97 Å². The number of ether oxygens (including phenoxy) is 1. The number of nitrogens with zero attached hydrogens (tertiary/aromatic N) is 2. The van der Waals surface area contributed by atoms with Gasteiger partial charge in [0, 0.05) is 18.7 Å². The molecule has 0 amide bonds. The second kappa shape index (κ2) is 4.74. The molecule has 4 nitrogen and oxygen atoms in total. The summed E-state index contributed by atoms with van der Waals surface area (Å²) in [5.41, 5.74) is 1.66. The predicted octanol–water partition coefficient (Wildman–Crippen LogP) is 2.35. The van der Waals surface area contributed by atoms with E-state index >= 15 is 0 Å². The summed E-state index contributed by atoms with van der Waals surface area (Å²) < 4.78 is 5.08. The fourth-order valence-corrected chi connectivity index (χ4v) is 1.45. The molecular formula is C13H12N2O2. The summed E-state index contributed by atoms with van der Waals surface area (Å²) in [6.45, 7) is 1.45. The van der Waals surface area contributed by atoms with Gasteiger partial charge in [0.05, 0.1) is 12.8 Å². The molecule has 86 valence electrons. The van der Waals surface area contributed by atoms with Crippen molar-refractivity contribution in [3.63, 3.8) is 0 Å². The number of hydrogen-bond donors (Lipinski definition) is 0. The predicted molar refractivity (Wildman–Crippen MR) is 64.0 cm³/mol. The summed E-state index contributed by atoms with van der Waals surface area (Å²) in [5, 5.41) is 0. The molecule has 0 saturated heterocycles. The van der Waals surface area contributed by atoms with Gasteiger partial charge < -0.3 is 4.74 Å². The van der Waals surface area contributed by atoms with Crippen LogP contribution >= 0.6 is 0 Å². The zero-order valence-electron chi connectivity index (χ0n) is 9.68. The summed E-state index contributed by atoms with van der Waals surface area (Å²) in [4.78, 5) is 19.3. The highest BCUT2D eigenvalue weighted by atomic mass is 16.5. The maximum atomic E-state index is 11.2. The highest BCUT2D eigenvalue weighted by molar-refractivity contribution is 5.90. The number of rotatable bonds is 3. The van der Waals surface area contributed by atoms with Gasteiger partial charge >= 0.3 is 0 Å². The summed E-state index contributed by atoms with van der Waals surface area (Å²) >= 11 is 0. The molecule has 0 unspecified atom stereocenters. The second-order valence-corrected chi connectivity index (χ2v) is 3.55. The number of aromatic nitrogens is 2. The summed E-state index contributed by atoms with van der Waals surface area (Å²) in [7, 11) is 1.62. The SMILES string of the molecule is COc1ccc(-c2ccnc(C(C)=O)n2)cc1. The lowest BCUT2D eigenvalue weighted by atomic mass is 10.1. The highest BCUT2D eigenvalue weighted by Gasteiger charge is 2.05. The number of benzene rings is 1. The molecule has 0 atom stereocenters. The third kappa shape index (κ3) is 2.47. The Bertz CT molecular complexity index is 535. The average molecular weight is 228 g/mol. The highest BCUT2D eigenvalue weighted by Crippen LogP contribution is 2.20. The van der Waals surface area contributed by atoms with Gasteiger partial charge in [0.25, 0.3) is 0 Å². The van der Waals surface area contributed by atoms with Crippen LogP contribution in [-0.4, -0.2) is 22.9 Å². The average Bonchev–Trinajstić information content (AvgIpc) is 2.39. The fourth-order valence-electron chi connectivity index (χ4n) is 1.45. The topological polar surface area (TPSA) is 52.1 Å². The van der Waals surface area contributed by atoms with Crippen LogP contribution in [0.3, 0.4) is 0 Å². The molecule has 1 aromatic carbocycles. The van der Waals surface area contributed by atoms with Gasteiger partial charge in [0.1, 0.15) is 5.75 Å². The first-order valence-corrected chi connectivity index (χ1v) is 5.19. The lowest BCUT2D eigenvalue weighted by Crippen LogP contribution is -2.01. The van der Waals surface area contributed by atoms with E-state index in [4.69, 9.17) is 4.74 Å². The summed E-state index contributed by atoms with van der Waals surface area (Å²) in [6.07, 6.45) is 1.59. The van der Waals surface area contributed by atoms with Crippen molar-refractivity contribution in [3.05, 3.63) is 42.4 Å². The minimum absolute atomic E-state index is 0.139. The van der Waals surface area contributed by atoms with E-state index in [1.54, 1.807) is 19.4 Å². The number of methoxy groups -OCH3 is 1. The van der Waals surface area contributed by atoms with Crippen molar-refractivity contribution < 1.29 is 9.53 Å². The molecule has 1 aromatic heterocycles. The van der Waals surface area contributed by atoms with Crippen molar-refractivity contribution in [2.24, 2.45) is 0 Å². The zero-order chi connectivity index (χ0) is 12.3. The van der Waals surface area contributed by atoms with Gasteiger partial charge in [0.2, 0.25) is 0 Å². The van der Waals surface area contributed by atoms with Crippen LogP contribution < -0.4 is 4.74 Å². The number of hydrogen-bond acceptors (Lipinski definition) is 4. The van der Waals surface area contributed by atoms with E-state index < -0.39 is 0 Å². The number of carbonyl (C=O) groups excluding carboxylic acids is 1. The Hall–Kier alpha value is -2.23. The van der Waals surface area contributed by atoms with Crippen LogP contribution in [0.25, 0.3) is 11.3 Å². The smallest absolute Gasteiger partial charge is 0.196 e. The maximum Gasteiger partial charge on any atom is 0.196 e. The quantitative estimate of drug-likeness (QED) is 0.757. The molecule has 2 rings (SSSR count). The summed E-state index contributed by atoms with van der Waals surface area (Å²) in [5.74, 6) is 0.883. The van der Waals surface area contributed by atoms with Crippen molar-refractivity contribution in [1.82, 2.24) is 9.97 Å². The van der Waals surface area contributed by atoms with E-state index in [0.717, 1.165) is 17.0 Å². The molecule has 17 heavy (non-hydrogen) atoms. The largest absolute Gasteiger partial charge is 0.497 e. The van der Waals surface area contributed by atoms with Gasteiger partial charge in [0.15, 0.2) is 11.6 Å². The van der Waals surface area contributed by atoms with Gasteiger partial charge in [-0.2, -0.15) is 0 Å². The Balaban J connectivity index is 2.38. The van der Waals surface area contributed by atoms with Crippen molar-refractivity contribution >= 4 is 5.78 Å². The molecule has 0 aliphatic carbocycles. The lowest BCUT2D eigenvalue weighted by Gasteiger charge is -2.03. The van der Waals surface area contributed by atoms with Crippen LogP contribution in [0.5, 0.6) is 5.75 Å². The summed E-state index contributed by atoms with van der Waals surface area (Å²) in [6, 6.07) is 9.26. The Morgan fingerprint density at radius 2 is 1.88 bits per heavy atom. The van der Waals surface area contributed by atoms with E-state index in [0.29, 0.717) is 0 Å². The van der Waals surface area contributed by atoms with Crippen LogP contribution in [0.2, 0.25) is 0 Å². The Morgan fingerprint density at radius 1 is 1.18 bits per heavy atom. The molecule has 1 heterocycles. The lowest BCUT2D eigenvalue weighted by molar-refractivity contribution is 0.100. The van der Waals surface area contributed by atoms with Crippen LogP contribution in [0.1, 0.15) is 17.5 Å². The fraction of sp³-hybridized carbons (Fsp3) is 0.154. The number of Topliss-reactive ketones (excluding diaryl/α,β-unsaturated/α-hetero) is 1. The maximum absolute atomic E-state index is 11.2. The molecule has 2 aromatic rings. The van der Waals surface area contributed by atoms with Crippen LogP contribution in [-0.2, 0) is 0 Å². The van der Waals surface area contributed by atoms with Gasteiger partial charge in [-0.15, -0.1) is 0 Å². The Morgan fingerprint density at radius 3 is 2.47 bits per heavy atom. The van der Waals surface area contributed by atoms with E-state index in [1.165, 1.54) is 6.92 Å². The molecular weight excluding hydrogens is 216 g/mol. The Labute approximate surface area is 99.3 Å². The third-order valence-corrected chi connectivity index (χ3v) is 2.36. The van der Waals surface area contributed by atoms with Crippen molar-refractivity contribution in [2.75, 3.05) is 7.11 Å². The molecule has 0 radical (unpaired) electrons. The molecule has 0 aliphatic heterocycles. The van der Waals surface area contributed by atoms with E-state index in [1.807, 2.05) is 24.3 Å². The second-order valence-electron chi connectivity index (χ2n) is 3.55. The minimum atomic E-state index is -0.139. The van der Waals surface area contributed by atoms with Gasteiger partial charge in [-0.1, -0.05) is 0 Å². The normalized spacial score (nSPS) is 10.0. The molecule has 4 heteroatoms. The van der Waals surface area contributed by atoms with Crippen LogP contribution in [0, 0.1) is 0 Å². The van der Waals surface area contributed by atoms with Crippen LogP contribution in [0.15, 0.2) is 36.5 Å². The molecule has 0 fully saturated rings. The zero-order valence-corrected chi connectivity index (χ0v) is 9.68. The minimum Gasteiger partial charge on any atom is -0.497 e. The third-order valence-electron chi connectivity index (χ3n) is 2.36. The van der Waals surface area contributed by atoms with Crippen molar-refractivity contribution in [2.45, 2.75) is 6.92 Å². The monoisotopic (exact) mass is 228 g/mol. The van der Waals surface area contributed by atoms with Crippen molar-refractivity contribution in [1.29, 1.82) is 0 Å². The van der Waals surface area contributed by atoms with E-state index in [-0.39, 0.29) is 11.6 Å². The Kier molecular flexibility index (Phi) is 3.14. The van der Waals surface area contributed by atoms with Crippen LogP contribution in [0.4, 0.5) is 0 Å². The van der Waals surface area contributed by atoms with E-state index in [9.17, 15) is 4.79 Å². The van der Waals surface area contributed by atoms with E-state index in [2.05, 4.69) is 9.97 Å². The first-order valence-electron chi connectivity index (χ1n) is 5.19. The molecule has 0 bridgehead atoms. The number of carbonyl (C=O) groups is 1. The van der Waals surface area contributed by atoms with Gasteiger partial charge in [-0.05, 0) is 30.3 Å². The molecule has 0 aliphatic rings. The van der Waals surface area contributed by atoms with Crippen molar-refractivity contribution in [3.8, 4) is 17.0 Å². The molecule has 0 N–H and O–H groups in total. The van der Waals surface area contributed by atoms with Gasteiger partial charge in [-0.3, -0.25) is 4.79 Å². The molecule has 0 saturated carbocycles. The first-order chi connectivity index (χ1) is 8.20. The first kappa shape index (κ1) is 11.3. The molecule has 0 spiro atoms.